The van der Waals surface area contributed by atoms with Gasteiger partial charge in [0, 0.05) is 11.8 Å². The number of pyridine rings is 2. The van der Waals surface area contributed by atoms with Crippen LogP contribution in [0.3, 0.4) is 0 Å². The summed E-state index contributed by atoms with van der Waals surface area (Å²) in [5, 5.41) is 20.4. The Bertz CT molecular complexity index is 1370. The molecule has 168 valence electrons. The van der Waals surface area contributed by atoms with Crippen molar-refractivity contribution in [1.29, 1.82) is 0 Å². The van der Waals surface area contributed by atoms with Crippen molar-refractivity contribution in [3.8, 4) is 11.3 Å². The topological polar surface area (TPSA) is 133 Å². The minimum atomic E-state index is -4.70. The standard InChI is InChI=1S/C20H12F4N6O3/c21-13-3-2-10(20(22,23)24)5-15(13)28-19(33)29-16-4-1-9(7-25-16)14-6-11(18(31)32)12-8-26-30-17(12)27-14/h1-8H,(H,31,32)(H,26,27,30)(H2,25,28,29,33). The number of hydrogen-bond donors (Lipinski definition) is 4. The van der Waals surface area contributed by atoms with E-state index in [1.165, 1.54) is 30.6 Å². The maximum Gasteiger partial charge on any atom is 0.416 e. The Labute approximate surface area is 181 Å². The van der Waals surface area contributed by atoms with E-state index < -0.39 is 35.2 Å². The van der Waals surface area contributed by atoms with Crippen molar-refractivity contribution < 1.29 is 32.3 Å². The van der Waals surface area contributed by atoms with E-state index >= 15 is 0 Å². The van der Waals surface area contributed by atoms with Crippen LogP contribution in [0.15, 0.2) is 48.8 Å². The van der Waals surface area contributed by atoms with Gasteiger partial charge in [0.25, 0.3) is 0 Å². The maximum atomic E-state index is 13.8. The number of benzene rings is 1. The average molecular weight is 460 g/mol. The number of H-pyrrole nitrogens is 1. The molecular formula is C20H12F4N6O3. The third-order valence-electron chi connectivity index (χ3n) is 4.50. The molecule has 3 heterocycles. The second-order valence-corrected chi connectivity index (χ2v) is 6.70. The van der Waals surface area contributed by atoms with Crippen LogP contribution in [0.1, 0.15) is 15.9 Å². The van der Waals surface area contributed by atoms with E-state index in [0.717, 1.165) is 0 Å². The molecule has 2 amide bonds. The van der Waals surface area contributed by atoms with E-state index in [2.05, 4.69) is 25.5 Å². The summed E-state index contributed by atoms with van der Waals surface area (Å²) in [7, 11) is 0. The van der Waals surface area contributed by atoms with Gasteiger partial charge in [-0.3, -0.25) is 10.4 Å². The highest BCUT2D eigenvalue weighted by Gasteiger charge is 2.31. The highest BCUT2D eigenvalue weighted by molar-refractivity contribution is 6.02. The quantitative estimate of drug-likeness (QED) is 0.331. The van der Waals surface area contributed by atoms with Crippen LogP contribution in [0.4, 0.5) is 33.9 Å². The van der Waals surface area contributed by atoms with E-state index in [4.69, 9.17) is 0 Å². The first kappa shape index (κ1) is 21.7. The van der Waals surface area contributed by atoms with Gasteiger partial charge in [-0.1, -0.05) is 0 Å². The van der Waals surface area contributed by atoms with Crippen LogP contribution in [0.2, 0.25) is 0 Å². The van der Waals surface area contributed by atoms with E-state index in [0.29, 0.717) is 29.1 Å². The lowest BCUT2D eigenvalue weighted by Gasteiger charge is -2.11. The number of urea groups is 1. The number of nitrogens with zero attached hydrogens (tertiary/aromatic N) is 3. The van der Waals surface area contributed by atoms with E-state index in [1.54, 1.807) is 0 Å². The van der Waals surface area contributed by atoms with Gasteiger partial charge in [0.2, 0.25) is 0 Å². The first-order chi connectivity index (χ1) is 15.6. The molecule has 0 aliphatic carbocycles. The molecule has 4 aromatic rings. The third-order valence-corrected chi connectivity index (χ3v) is 4.50. The number of rotatable bonds is 4. The number of alkyl halides is 3. The first-order valence-corrected chi connectivity index (χ1v) is 9.10. The van der Waals surface area contributed by atoms with Gasteiger partial charge < -0.3 is 10.4 Å². The Balaban J connectivity index is 1.51. The van der Waals surface area contributed by atoms with E-state index in [1.807, 2.05) is 5.32 Å². The third kappa shape index (κ3) is 4.56. The van der Waals surface area contributed by atoms with Gasteiger partial charge in [-0.25, -0.2) is 23.9 Å². The second kappa shape index (κ2) is 8.18. The van der Waals surface area contributed by atoms with Crippen LogP contribution >= 0.6 is 0 Å². The molecule has 0 aliphatic rings. The lowest BCUT2D eigenvalue weighted by molar-refractivity contribution is -0.137. The number of carboxylic acids is 1. The van der Waals surface area contributed by atoms with Crippen molar-refractivity contribution in [3.05, 3.63) is 65.7 Å². The fraction of sp³-hybridized carbons (Fsp3) is 0.0500. The monoisotopic (exact) mass is 460 g/mol. The summed E-state index contributed by atoms with van der Waals surface area (Å²) in [5.41, 5.74) is -0.841. The van der Waals surface area contributed by atoms with Gasteiger partial charge in [0.05, 0.1) is 34.1 Å². The molecular weight excluding hydrogens is 448 g/mol. The summed E-state index contributed by atoms with van der Waals surface area (Å²) in [5.74, 6) is -2.21. The summed E-state index contributed by atoms with van der Waals surface area (Å²) in [6, 6.07) is 4.80. The molecule has 9 nitrogen and oxygen atoms in total. The predicted octanol–water partition coefficient (Wildman–Crippen LogP) is 4.52. The van der Waals surface area contributed by atoms with Gasteiger partial charge in [0.15, 0.2) is 5.65 Å². The zero-order chi connectivity index (χ0) is 23.8. The van der Waals surface area contributed by atoms with Crippen LogP contribution in [0.5, 0.6) is 0 Å². The van der Waals surface area contributed by atoms with Gasteiger partial charge in [0.1, 0.15) is 11.6 Å². The van der Waals surface area contributed by atoms with E-state index in [9.17, 15) is 32.3 Å². The molecule has 3 aromatic heterocycles. The number of hydrogen-bond acceptors (Lipinski definition) is 5. The predicted molar refractivity (Wildman–Crippen MR) is 108 cm³/mol. The number of carboxylic acid groups (broad SMARTS) is 1. The smallest absolute Gasteiger partial charge is 0.416 e. The van der Waals surface area contributed by atoms with Crippen LogP contribution in [-0.2, 0) is 6.18 Å². The lowest BCUT2D eigenvalue weighted by Crippen LogP contribution is -2.21. The molecule has 13 heteroatoms. The van der Waals surface area contributed by atoms with Crippen molar-refractivity contribution in [1.82, 2.24) is 20.2 Å². The molecule has 0 aliphatic heterocycles. The largest absolute Gasteiger partial charge is 0.478 e. The Hall–Kier alpha value is -4.55. The molecule has 4 N–H and O–H groups in total. The Morgan fingerprint density at radius 3 is 2.48 bits per heavy atom. The zero-order valence-corrected chi connectivity index (χ0v) is 16.2. The van der Waals surface area contributed by atoms with Gasteiger partial charge in [-0.15, -0.1) is 0 Å². The van der Waals surface area contributed by atoms with Crippen molar-refractivity contribution >= 4 is 34.5 Å². The maximum absolute atomic E-state index is 13.8. The molecule has 0 unspecified atom stereocenters. The number of fused-ring (bicyclic) bond motifs is 1. The van der Waals surface area contributed by atoms with Gasteiger partial charge in [-0.05, 0) is 36.4 Å². The number of anilines is 2. The van der Waals surface area contributed by atoms with Crippen molar-refractivity contribution in [2.24, 2.45) is 0 Å². The molecule has 33 heavy (non-hydrogen) atoms. The van der Waals surface area contributed by atoms with Gasteiger partial charge >= 0.3 is 18.2 Å². The number of aromatic carboxylic acids is 1. The number of carbonyl (C=O) groups excluding carboxylic acids is 1. The molecule has 4 rings (SSSR count). The first-order valence-electron chi connectivity index (χ1n) is 9.10. The molecule has 0 spiro atoms. The minimum Gasteiger partial charge on any atom is -0.478 e. The summed E-state index contributed by atoms with van der Waals surface area (Å²) in [6.07, 6.45) is -2.06. The molecule has 0 bridgehead atoms. The SMILES string of the molecule is O=C(Nc1ccc(-c2cc(C(=O)O)c3cn[nH]c3n2)cn1)Nc1cc(C(F)(F)F)ccc1F. The summed E-state index contributed by atoms with van der Waals surface area (Å²) in [4.78, 5) is 31.9. The normalized spacial score (nSPS) is 11.4. The molecule has 0 fully saturated rings. The number of nitrogens with one attached hydrogen (secondary N) is 3. The Kier molecular flexibility index (Phi) is 5.37. The summed E-state index contributed by atoms with van der Waals surface area (Å²) < 4.78 is 52.2. The fourth-order valence-corrected chi connectivity index (χ4v) is 2.94. The number of carbonyl (C=O) groups is 2. The summed E-state index contributed by atoms with van der Waals surface area (Å²) in [6.45, 7) is 0. The Morgan fingerprint density at radius 2 is 1.82 bits per heavy atom. The fourth-order valence-electron chi connectivity index (χ4n) is 2.94. The molecule has 0 saturated carbocycles. The van der Waals surface area contributed by atoms with Crippen LogP contribution < -0.4 is 10.6 Å². The van der Waals surface area contributed by atoms with Crippen LogP contribution in [0, 0.1) is 5.82 Å². The molecule has 0 atom stereocenters. The van der Waals surface area contributed by atoms with Crippen LogP contribution in [-0.4, -0.2) is 37.3 Å². The van der Waals surface area contributed by atoms with E-state index in [-0.39, 0.29) is 22.7 Å². The molecule has 0 radical (unpaired) electrons. The second-order valence-electron chi connectivity index (χ2n) is 6.70. The average Bonchev–Trinajstić information content (AvgIpc) is 3.23. The van der Waals surface area contributed by atoms with Crippen LogP contribution in [0.25, 0.3) is 22.3 Å². The minimum absolute atomic E-state index is 0.00436. The zero-order valence-electron chi connectivity index (χ0n) is 16.2. The number of halogens is 4. The van der Waals surface area contributed by atoms with Gasteiger partial charge in [-0.2, -0.15) is 18.3 Å². The number of amides is 2. The lowest BCUT2D eigenvalue weighted by atomic mass is 10.1. The van der Waals surface area contributed by atoms with Crippen molar-refractivity contribution in [2.45, 2.75) is 6.18 Å². The van der Waals surface area contributed by atoms with Crippen molar-refractivity contribution in [2.75, 3.05) is 10.6 Å². The highest BCUT2D eigenvalue weighted by atomic mass is 19.4. The van der Waals surface area contributed by atoms with Crippen molar-refractivity contribution in [3.63, 3.8) is 0 Å². The number of aromatic nitrogens is 4. The Morgan fingerprint density at radius 1 is 1.03 bits per heavy atom. The molecule has 1 aromatic carbocycles. The highest BCUT2D eigenvalue weighted by Crippen LogP contribution is 2.32. The number of aromatic amines is 1. The molecule has 0 saturated heterocycles. The summed E-state index contributed by atoms with van der Waals surface area (Å²) >= 11 is 0.